The lowest BCUT2D eigenvalue weighted by Crippen LogP contribution is -2.39. The number of hydrogen-bond donors (Lipinski definition) is 0. The number of thiophene rings is 1. The number of nitrogens with zero attached hydrogens (tertiary/aromatic N) is 6. The molecule has 5 aromatic rings. The second kappa shape index (κ2) is 8.25. The number of sulfonamides is 1. The average molecular weight is 515 g/mol. The maximum Gasteiger partial charge on any atom is 0.280 e. The van der Waals surface area contributed by atoms with Crippen molar-refractivity contribution in [2.75, 3.05) is 13.1 Å². The first kappa shape index (κ1) is 22.4. The van der Waals surface area contributed by atoms with Crippen LogP contribution in [0, 0.1) is 6.92 Å². The number of fused-ring (bicyclic) bond motifs is 5. The van der Waals surface area contributed by atoms with Crippen molar-refractivity contribution >= 4 is 47.4 Å². The van der Waals surface area contributed by atoms with Gasteiger partial charge in [0.1, 0.15) is 21.6 Å². The average Bonchev–Trinajstić information content (AvgIpc) is 3.46. The van der Waals surface area contributed by atoms with E-state index in [0.717, 1.165) is 11.8 Å². The first-order valence-corrected chi connectivity index (χ1v) is 13.4. The molecule has 0 saturated carbocycles. The van der Waals surface area contributed by atoms with Crippen molar-refractivity contribution < 1.29 is 17.2 Å². The van der Waals surface area contributed by atoms with Crippen molar-refractivity contribution in [3.63, 3.8) is 0 Å². The molecule has 180 valence electrons. The van der Waals surface area contributed by atoms with Gasteiger partial charge in [-0.3, -0.25) is 0 Å². The van der Waals surface area contributed by atoms with E-state index in [1.54, 1.807) is 48.1 Å². The van der Waals surface area contributed by atoms with E-state index in [9.17, 15) is 17.2 Å². The Labute approximate surface area is 203 Å². The summed E-state index contributed by atoms with van der Waals surface area (Å²) in [5.74, 6) is 0.375. The molecule has 6 rings (SSSR count). The van der Waals surface area contributed by atoms with Gasteiger partial charge in [0.2, 0.25) is 10.0 Å². The van der Waals surface area contributed by atoms with Gasteiger partial charge in [0, 0.05) is 24.4 Å². The molecule has 1 aromatic carbocycles. The fourth-order valence-electron chi connectivity index (χ4n) is 4.65. The third-order valence-corrected chi connectivity index (χ3v) is 9.30. The van der Waals surface area contributed by atoms with Gasteiger partial charge in [-0.05, 0) is 43.5 Å². The van der Waals surface area contributed by atoms with Gasteiger partial charge < -0.3 is 0 Å². The monoisotopic (exact) mass is 514 g/mol. The number of aromatic nitrogens is 5. The molecular formula is C23H20F2N6O2S2. The van der Waals surface area contributed by atoms with E-state index in [1.165, 1.54) is 21.7 Å². The third-order valence-electron chi connectivity index (χ3n) is 6.35. The Balaban J connectivity index is 1.40. The molecule has 0 radical (unpaired) electrons. The maximum atomic E-state index is 13.3. The minimum Gasteiger partial charge on any atom is -0.236 e. The SMILES string of the molecule is Cc1cc(C(F)F)nc2sc3c(ncn4nc(C5CCCN(S(=O)(=O)c6ccccc6)C5)nc34)c12. The predicted octanol–water partition coefficient (Wildman–Crippen LogP) is 4.70. The Hall–Kier alpha value is -3.09. The fourth-order valence-corrected chi connectivity index (χ4v) is 7.38. The summed E-state index contributed by atoms with van der Waals surface area (Å²) in [6.45, 7) is 2.50. The summed E-state index contributed by atoms with van der Waals surface area (Å²) < 4.78 is 56.6. The Bertz CT molecular complexity index is 1680. The highest BCUT2D eigenvalue weighted by molar-refractivity contribution is 7.89. The standard InChI is InChI=1S/C23H20F2N6O2S2/c1-13-10-16(20(24)25)27-23-17(13)18-19(34-23)22-28-21(29-31(22)12-26-18)14-6-5-9-30(11-14)35(32,33)15-7-3-2-4-8-15/h2-4,7-8,10,12,14,20H,5-6,9,11H2,1H3. The molecule has 0 N–H and O–H groups in total. The molecule has 0 amide bonds. The fraction of sp³-hybridized carbons (Fsp3) is 0.304. The highest BCUT2D eigenvalue weighted by Crippen LogP contribution is 2.37. The number of rotatable bonds is 4. The van der Waals surface area contributed by atoms with Crippen LogP contribution in [0.1, 0.15) is 42.3 Å². The number of benzene rings is 1. The van der Waals surface area contributed by atoms with Crippen LogP contribution in [0.5, 0.6) is 0 Å². The molecule has 5 heterocycles. The lowest BCUT2D eigenvalue weighted by Gasteiger charge is -2.30. The molecule has 1 aliphatic rings. The molecule has 1 aliphatic heterocycles. The second-order valence-corrected chi connectivity index (χ2v) is 11.6. The number of piperidine rings is 1. The molecule has 0 aliphatic carbocycles. The van der Waals surface area contributed by atoms with E-state index in [4.69, 9.17) is 4.98 Å². The summed E-state index contributed by atoms with van der Waals surface area (Å²) >= 11 is 1.26. The smallest absolute Gasteiger partial charge is 0.236 e. The summed E-state index contributed by atoms with van der Waals surface area (Å²) in [7, 11) is -3.61. The summed E-state index contributed by atoms with van der Waals surface area (Å²) in [5, 5.41) is 5.34. The van der Waals surface area contributed by atoms with Crippen LogP contribution in [0.4, 0.5) is 8.78 Å². The molecule has 1 atom stereocenters. The number of alkyl halides is 2. The first-order valence-electron chi connectivity index (χ1n) is 11.1. The highest BCUT2D eigenvalue weighted by atomic mass is 32.2. The molecule has 35 heavy (non-hydrogen) atoms. The van der Waals surface area contributed by atoms with Crippen molar-refractivity contribution in [2.45, 2.75) is 37.0 Å². The highest BCUT2D eigenvalue weighted by Gasteiger charge is 2.33. The van der Waals surface area contributed by atoms with Crippen molar-refractivity contribution in [3.8, 4) is 0 Å². The van der Waals surface area contributed by atoms with E-state index in [1.807, 2.05) is 0 Å². The van der Waals surface area contributed by atoms with Crippen LogP contribution < -0.4 is 0 Å². The lowest BCUT2D eigenvalue weighted by molar-refractivity contribution is 0.146. The van der Waals surface area contributed by atoms with Gasteiger partial charge in [-0.1, -0.05) is 18.2 Å². The minimum absolute atomic E-state index is 0.170. The summed E-state index contributed by atoms with van der Waals surface area (Å²) in [6, 6.07) is 9.80. The van der Waals surface area contributed by atoms with Crippen LogP contribution in [-0.4, -0.2) is 50.4 Å². The van der Waals surface area contributed by atoms with E-state index in [2.05, 4.69) is 15.1 Å². The van der Waals surface area contributed by atoms with Crippen LogP contribution in [0.3, 0.4) is 0 Å². The van der Waals surface area contributed by atoms with Gasteiger partial charge in [-0.2, -0.15) is 4.31 Å². The number of pyridine rings is 1. The van der Waals surface area contributed by atoms with Gasteiger partial charge in [-0.15, -0.1) is 16.4 Å². The van der Waals surface area contributed by atoms with E-state index >= 15 is 0 Å². The Morgan fingerprint density at radius 1 is 1.17 bits per heavy atom. The van der Waals surface area contributed by atoms with Crippen LogP contribution in [0.25, 0.3) is 26.1 Å². The van der Waals surface area contributed by atoms with Crippen LogP contribution in [0.15, 0.2) is 47.6 Å². The zero-order valence-corrected chi connectivity index (χ0v) is 20.2. The lowest BCUT2D eigenvalue weighted by atomic mass is 9.99. The quantitative estimate of drug-likeness (QED) is 0.345. The largest absolute Gasteiger partial charge is 0.280 e. The van der Waals surface area contributed by atoms with Crippen molar-refractivity contribution in [1.82, 2.24) is 28.9 Å². The van der Waals surface area contributed by atoms with Crippen molar-refractivity contribution in [1.29, 1.82) is 0 Å². The zero-order valence-electron chi connectivity index (χ0n) is 18.6. The topological polar surface area (TPSA) is 93.4 Å². The molecule has 12 heteroatoms. The molecule has 0 spiro atoms. The van der Waals surface area contributed by atoms with Crippen molar-refractivity contribution in [2.24, 2.45) is 0 Å². The third kappa shape index (κ3) is 3.67. The van der Waals surface area contributed by atoms with Crippen LogP contribution in [0.2, 0.25) is 0 Å². The Morgan fingerprint density at radius 3 is 2.74 bits per heavy atom. The predicted molar refractivity (Wildman–Crippen MR) is 128 cm³/mol. The summed E-state index contributed by atoms with van der Waals surface area (Å²) in [4.78, 5) is 14.2. The first-order chi connectivity index (χ1) is 16.8. The molecule has 1 fully saturated rings. The summed E-state index contributed by atoms with van der Waals surface area (Å²) in [5.41, 5.74) is 1.64. The number of halogens is 2. The van der Waals surface area contributed by atoms with E-state index in [-0.39, 0.29) is 23.1 Å². The number of aryl methyl sites for hydroxylation is 1. The van der Waals surface area contributed by atoms with Gasteiger partial charge in [0.15, 0.2) is 11.5 Å². The zero-order chi connectivity index (χ0) is 24.3. The van der Waals surface area contributed by atoms with Gasteiger partial charge in [0.25, 0.3) is 6.43 Å². The summed E-state index contributed by atoms with van der Waals surface area (Å²) in [6.07, 6.45) is 0.362. The Morgan fingerprint density at radius 2 is 1.97 bits per heavy atom. The molecule has 8 nitrogen and oxygen atoms in total. The molecular weight excluding hydrogens is 494 g/mol. The van der Waals surface area contributed by atoms with Gasteiger partial charge in [-0.25, -0.2) is 36.7 Å². The van der Waals surface area contributed by atoms with Gasteiger partial charge >= 0.3 is 0 Å². The van der Waals surface area contributed by atoms with Crippen molar-refractivity contribution in [3.05, 3.63) is 59.8 Å². The minimum atomic E-state index is -3.61. The Kier molecular flexibility index (Phi) is 5.27. The van der Waals surface area contributed by atoms with E-state index in [0.29, 0.717) is 45.0 Å². The molecule has 1 saturated heterocycles. The number of hydrogen-bond acceptors (Lipinski definition) is 7. The molecule has 0 bridgehead atoms. The van der Waals surface area contributed by atoms with Crippen LogP contribution in [-0.2, 0) is 10.0 Å². The van der Waals surface area contributed by atoms with Gasteiger partial charge in [0.05, 0.1) is 10.4 Å². The molecule has 4 aromatic heterocycles. The second-order valence-electron chi connectivity index (χ2n) is 8.62. The maximum absolute atomic E-state index is 13.3. The van der Waals surface area contributed by atoms with Crippen LogP contribution >= 0.6 is 11.3 Å². The normalized spacial score (nSPS) is 17.8. The van der Waals surface area contributed by atoms with E-state index < -0.39 is 16.4 Å². The molecule has 1 unspecified atom stereocenters.